The third-order valence-corrected chi connectivity index (χ3v) is 1.52. The van der Waals surface area contributed by atoms with Crippen molar-refractivity contribution in [2.75, 3.05) is 6.61 Å². The van der Waals surface area contributed by atoms with Crippen LogP contribution in [0.2, 0.25) is 0 Å². The lowest BCUT2D eigenvalue weighted by atomic mass is 10.1. The largest absolute Gasteiger partial charge is 0.508 e. The fraction of sp³-hybridized carbons (Fsp3) is 0.200. The van der Waals surface area contributed by atoms with Gasteiger partial charge in [0.15, 0.2) is 5.71 Å². The van der Waals surface area contributed by atoms with Crippen LogP contribution in [0.3, 0.4) is 0 Å². The molecule has 0 amide bonds. The van der Waals surface area contributed by atoms with Crippen LogP contribution in [0.1, 0.15) is 12.5 Å². The number of phenolic OH excluding ortho intramolecular Hbond substituents is 1. The molecular formula is C10H10NO3. The summed E-state index contributed by atoms with van der Waals surface area (Å²) >= 11 is 0. The summed E-state index contributed by atoms with van der Waals surface area (Å²) in [7, 11) is 0. The number of aromatic hydroxyl groups is 1. The minimum absolute atomic E-state index is 0.0897. The minimum Gasteiger partial charge on any atom is -0.508 e. The standard InChI is InChI=1S/C10H10NO3/c1-2-14-11-10(7-12)8-3-5-9(13)6-4-8/h3-6,13H,2H2,1H3/b11-10+. The third kappa shape index (κ3) is 2.58. The van der Waals surface area contributed by atoms with Gasteiger partial charge in [-0.1, -0.05) is 5.16 Å². The summed E-state index contributed by atoms with van der Waals surface area (Å²) in [6.07, 6.45) is 1.67. The maximum Gasteiger partial charge on any atom is 0.257 e. The summed E-state index contributed by atoms with van der Waals surface area (Å²) in [5.41, 5.74) is 0.651. The molecule has 0 aliphatic carbocycles. The lowest BCUT2D eigenvalue weighted by Gasteiger charge is -1.98. The molecule has 0 fully saturated rings. The Morgan fingerprint density at radius 3 is 2.64 bits per heavy atom. The van der Waals surface area contributed by atoms with Crippen molar-refractivity contribution in [2.24, 2.45) is 5.16 Å². The topological polar surface area (TPSA) is 58.9 Å². The fourth-order valence-corrected chi connectivity index (χ4v) is 0.879. The summed E-state index contributed by atoms with van der Waals surface area (Å²) in [5.74, 6) is 0.135. The van der Waals surface area contributed by atoms with Crippen LogP contribution in [0.4, 0.5) is 0 Å². The highest BCUT2D eigenvalue weighted by atomic mass is 16.6. The van der Waals surface area contributed by atoms with E-state index in [1.54, 1.807) is 25.3 Å². The molecule has 1 radical (unpaired) electrons. The maximum atomic E-state index is 10.5. The molecule has 0 aromatic heterocycles. The molecule has 1 aromatic rings. The Hall–Kier alpha value is -1.84. The first-order chi connectivity index (χ1) is 6.77. The molecule has 0 aliphatic heterocycles. The molecule has 0 unspecified atom stereocenters. The molecule has 0 heterocycles. The molecule has 1 rings (SSSR count). The molecule has 0 saturated heterocycles. The fourth-order valence-electron chi connectivity index (χ4n) is 0.879. The van der Waals surface area contributed by atoms with Gasteiger partial charge in [-0.25, -0.2) is 0 Å². The quantitative estimate of drug-likeness (QED) is 0.576. The van der Waals surface area contributed by atoms with Gasteiger partial charge in [-0.15, -0.1) is 0 Å². The first kappa shape index (κ1) is 10.2. The van der Waals surface area contributed by atoms with Gasteiger partial charge in [0.05, 0.1) is 0 Å². The van der Waals surface area contributed by atoms with Gasteiger partial charge < -0.3 is 9.94 Å². The second-order valence-electron chi connectivity index (χ2n) is 2.51. The van der Waals surface area contributed by atoms with E-state index in [0.29, 0.717) is 12.2 Å². The molecular weight excluding hydrogens is 182 g/mol. The van der Waals surface area contributed by atoms with Gasteiger partial charge in [0.25, 0.3) is 6.29 Å². The summed E-state index contributed by atoms with van der Waals surface area (Å²) < 4.78 is 0. The van der Waals surface area contributed by atoms with Gasteiger partial charge in [-0.05, 0) is 31.2 Å². The molecule has 14 heavy (non-hydrogen) atoms. The first-order valence-electron chi connectivity index (χ1n) is 4.15. The Bertz CT molecular complexity index is 330. The highest BCUT2D eigenvalue weighted by Gasteiger charge is 2.03. The number of phenols is 1. The van der Waals surface area contributed by atoms with Crippen molar-refractivity contribution in [1.82, 2.24) is 0 Å². The molecule has 0 atom stereocenters. The van der Waals surface area contributed by atoms with E-state index in [1.165, 1.54) is 12.1 Å². The molecule has 1 N–H and O–H groups in total. The summed E-state index contributed by atoms with van der Waals surface area (Å²) in [6.45, 7) is 2.16. The van der Waals surface area contributed by atoms with Crippen molar-refractivity contribution in [3.8, 4) is 5.75 Å². The first-order valence-corrected chi connectivity index (χ1v) is 4.15. The van der Waals surface area contributed by atoms with Crippen LogP contribution in [0.25, 0.3) is 0 Å². The Kier molecular flexibility index (Phi) is 3.67. The van der Waals surface area contributed by atoms with Crippen molar-refractivity contribution in [2.45, 2.75) is 6.92 Å². The van der Waals surface area contributed by atoms with Gasteiger partial charge in [-0.2, -0.15) is 0 Å². The van der Waals surface area contributed by atoms with Crippen LogP contribution in [0, 0.1) is 0 Å². The van der Waals surface area contributed by atoms with E-state index < -0.39 is 0 Å². The SMILES string of the molecule is CCO/N=C(\[C]=O)c1ccc(O)cc1. The van der Waals surface area contributed by atoms with Gasteiger partial charge in [0, 0.05) is 5.56 Å². The molecule has 0 spiro atoms. The number of hydrogen-bond donors (Lipinski definition) is 1. The van der Waals surface area contributed by atoms with E-state index in [1.807, 2.05) is 0 Å². The second-order valence-corrected chi connectivity index (χ2v) is 2.51. The summed E-state index contributed by atoms with van der Waals surface area (Å²) in [6, 6.07) is 6.07. The molecule has 73 valence electrons. The normalized spacial score (nSPS) is 11.1. The Balaban J connectivity index is 2.89. The highest BCUT2D eigenvalue weighted by molar-refractivity contribution is 6.36. The van der Waals surface area contributed by atoms with E-state index in [4.69, 9.17) is 9.94 Å². The number of hydrogen-bond acceptors (Lipinski definition) is 4. The number of oxime groups is 1. The third-order valence-electron chi connectivity index (χ3n) is 1.52. The lowest BCUT2D eigenvalue weighted by Crippen LogP contribution is -2.02. The van der Waals surface area contributed by atoms with Crippen LogP contribution in [-0.4, -0.2) is 23.7 Å². The van der Waals surface area contributed by atoms with Gasteiger partial charge >= 0.3 is 0 Å². The predicted molar refractivity (Wildman–Crippen MR) is 52.0 cm³/mol. The van der Waals surface area contributed by atoms with Crippen molar-refractivity contribution in [1.29, 1.82) is 0 Å². The van der Waals surface area contributed by atoms with Gasteiger partial charge in [-0.3, -0.25) is 4.79 Å². The molecule has 4 heteroatoms. The number of carbonyl (C=O) groups excluding carboxylic acids is 1. The van der Waals surface area contributed by atoms with E-state index in [0.717, 1.165) is 0 Å². The smallest absolute Gasteiger partial charge is 0.257 e. The Morgan fingerprint density at radius 2 is 2.14 bits per heavy atom. The predicted octanol–water partition coefficient (Wildman–Crippen LogP) is 1.24. The highest BCUT2D eigenvalue weighted by Crippen LogP contribution is 2.10. The van der Waals surface area contributed by atoms with E-state index >= 15 is 0 Å². The molecule has 0 bridgehead atoms. The van der Waals surface area contributed by atoms with Crippen molar-refractivity contribution in [3.05, 3.63) is 29.8 Å². The molecule has 0 saturated carbocycles. The lowest BCUT2D eigenvalue weighted by molar-refractivity contribution is 0.159. The minimum atomic E-state index is 0.0897. The molecule has 0 aliphatic rings. The van der Waals surface area contributed by atoms with Crippen LogP contribution in [0.15, 0.2) is 29.4 Å². The van der Waals surface area contributed by atoms with E-state index in [2.05, 4.69) is 5.16 Å². The monoisotopic (exact) mass is 192 g/mol. The van der Waals surface area contributed by atoms with Crippen LogP contribution < -0.4 is 0 Å². The van der Waals surface area contributed by atoms with Crippen molar-refractivity contribution in [3.63, 3.8) is 0 Å². The Morgan fingerprint density at radius 1 is 1.50 bits per heavy atom. The zero-order valence-electron chi connectivity index (χ0n) is 7.73. The van der Waals surface area contributed by atoms with Crippen LogP contribution in [-0.2, 0) is 9.63 Å². The molecule has 4 nitrogen and oxygen atoms in total. The van der Waals surface area contributed by atoms with Crippen molar-refractivity contribution < 1.29 is 14.7 Å². The van der Waals surface area contributed by atoms with Crippen LogP contribution >= 0.6 is 0 Å². The van der Waals surface area contributed by atoms with Gasteiger partial charge in [0.2, 0.25) is 0 Å². The average Bonchev–Trinajstić information content (AvgIpc) is 2.21. The zero-order chi connectivity index (χ0) is 10.4. The number of rotatable bonds is 4. The maximum absolute atomic E-state index is 10.5. The summed E-state index contributed by atoms with van der Waals surface area (Å²) in [4.78, 5) is 15.2. The van der Waals surface area contributed by atoms with Gasteiger partial charge in [0.1, 0.15) is 12.4 Å². The van der Waals surface area contributed by atoms with E-state index in [9.17, 15) is 4.79 Å². The second kappa shape index (κ2) is 5.01. The summed E-state index contributed by atoms with van der Waals surface area (Å²) in [5, 5.41) is 12.6. The Labute approximate surface area is 81.8 Å². The van der Waals surface area contributed by atoms with Crippen LogP contribution in [0.5, 0.6) is 5.75 Å². The zero-order valence-corrected chi connectivity index (χ0v) is 7.73. The van der Waals surface area contributed by atoms with E-state index in [-0.39, 0.29) is 11.5 Å². The van der Waals surface area contributed by atoms with Crippen molar-refractivity contribution >= 4 is 12.0 Å². The number of benzene rings is 1. The molecule has 1 aromatic carbocycles. The number of nitrogens with zero attached hydrogens (tertiary/aromatic N) is 1. The average molecular weight is 192 g/mol.